The molecule has 0 aromatic carbocycles. The van der Waals surface area contributed by atoms with Crippen molar-refractivity contribution in [2.24, 2.45) is 17.3 Å². The number of rotatable bonds is 8. The third-order valence-electron chi connectivity index (χ3n) is 2.21. The quantitative estimate of drug-likeness (QED) is 0.101. The van der Waals surface area contributed by atoms with Gasteiger partial charge in [0.15, 0.2) is 0 Å². The van der Waals surface area contributed by atoms with Crippen molar-refractivity contribution in [3.8, 4) is 0 Å². The minimum Gasteiger partial charge on any atom is -1.00 e. The van der Waals surface area contributed by atoms with E-state index in [1.165, 1.54) is 25.7 Å². The highest BCUT2D eigenvalue weighted by molar-refractivity contribution is 5.73. The first-order valence-electron chi connectivity index (χ1n) is 5.57. The molecule has 0 unspecified atom stereocenters. The van der Waals surface area contributed by atoms with Gasteiger partial charge in [0.2, 0.25) is 5.84 Å². The average molecular weight is 286 g/mol. The summed E-state index contributed by atoms with van der Waals surface area (Å²) in [4.78, 5) is 3.11. The number of hydrazine groups is 1. The first-order chi connectivity index (χ1) is 7.16. The van der Waals surface area contributed by atoms with Crippen LogP contribution in [0.3, 0.4) is 0 Å². The van der Waals surface area contributed by atoms with Gasteiger partial charge >= 0.3 is 0 Å². The third-order valence-corrected chi connectivity index (χ3v) is 2.21. The summed E-state index contributed by atoms with van der Waals surface area (Å²) in [6, 6.07) is 0. The van der Waals surface area contributed by atoms with Gasteiger partial charge < -0.3 is 24.8 Å². The van der Waals surface area contributed by atoms with E-state index < -0.39 is 0 Å². The molecule has 0 heterocycles. The second kappa shape index (κ2) is 15.3. The standard InChI is InChI=1S/C10H23N5.2ClH/c1-9(11)14-8-6-4-2-3-5-7-10(12)15-13;;/h2-8,13H2,1H3,(H2,11,14)(H2,12,15);2*1H. The normalized spacial score (nSPS) is 11.6. The van der Waals surface area contributed by atoms with E-state index in [0.717, 1.165) is 25.2 Å². The lowest BCUT2D eigenvalue weighted by molar-refractivity contribution is -0.471. The Morgan fingerprint density at radius 2 is 1.47 bits per heavy atom. The minimum absolute atomic E-state index is 0. The molecule has 5 nitrogen and oxygen atoms in total. The molecule has 0 aromatic heterocycles. The second-order valence-electron chi connectivity index (χ2n) is 3.80. The SMILES string of the molecule is CC(N)=[NH+]CCCCCCCC(N)=[NH+]N.[Cl-].[Cl-]. The smallest absolute Gasteiger partial charge is 0.263 e. The summed E-state index contributed by atoms with van der Waals surface area (Å²) in [7, 11) is 0. The zero-order valence-corrected chi connectivity index (χ0v) is 11.9. The van der Waals surface area contributed by atoms with E-state index in [4.69, 9.17) is 17.3 Å². The maximum Gasteiger partial charge on any atom is 0.263 e. The minimum atomic E-state index is 0. The van der Waals surface area contributed by atoms with Gasteiger partial charge in [0.1, 0.15) is 0 Å². The van der Waals surface area contributed by atoms with E-state index >= 15 is 0 Å². The molecule has 7 heteroatoms. The average Bonchev–Trinajstić information content (AvgIpc) is 2.21. The van der Waals surface area contributed by atoms with Crippen LogP contribution in [-0.4, -0.2) is 18.2 Å². The molecule has 0 aliphatic rings. The van der Waals surface area contributed by atoms with E-state index in [-0.39, 0.29) is 24.8 Å². The summed E-state index contributed by atoms with van der Waals surface area (Å²) in [6.45, 7) is 2.85. The van der Waals surface area contributed by atoms with E-state index in [0.29, 0.717) is 5.84 Å². The van der Waals surface area contributed by atoms with Gasteiger partial charge in [-0.25, -0.2) is 0 Å². The Morgan fingerprint density at radius 1 is 0.941 bits per heavy atom. The van der Waals surface area contributed by atoms with Crippen molar-refractivity contribution in [3.05, 3.63) is 0 Å². The van der Waals surface area contributed by atoms with E-state index in [1.807, 2.05) is 6.92 Å². The largest absolute Gasteiger partial charge is 1.00 e. The van der Waals surface area contributed by atoms with Gasteiger partial charge in [-0.05, 0) is 19.3 Å². The third kappa shape index (κ3) is 17.9. The fourth-order valence-corrected chi connectivity index (χ4v) is 1.33. The van der Waals surface area contributed by atoms with Crippen LogP contribution in [0.1, 0.15) is 45.4 Å². The Kier molecular flexibility index (Phi) is 19.5. The molecule has 8 N–H and O–H groups in total. The molecule has 0 saturated carbocycles. The summed E-state index contributed by atoms with van der Waals surface area (Å²) in [5, 5.41) is 2.46. The maximum atomic E-state index is 5.52. The molecule has 0 aliphatic heterocycles. The van der Waals surface area contributed by atoms with Gasteiger partial charge in [-0.2, -0.15) is 5.10 Å². The maximum absolute atomic E-state index is 5.52. The molecule has 0 radical (unpaired) electrons. The van der Waals surface area contributed by atoms with Crippen LogP contribution in [0.15, 0.2) is 0 Å². The Labute approximate surface area is 116 Å². The van der Waals surface area contributed by atoms with Crippen molar-refractivity contribution in [3.63, 3.8) is 0 Å². The fourth-order valence-electron chi connectivity index (χ4n) is 1.33. The van der Waals surface area contributed by atoms with Gasteiger partial charge in [-0.15, -0.1) is 0 Å². The lowest BCUT2D eigenvalue weighted by Gasteiger charge is -1.97. The Hall–Kier alpha value is -0.680. The molecule has 0 fully saturated rings. The van der Waals surface area contributed by atoms with Crippen LogP contribution < -0.4 is 52.2 Å². The van der Waals surface area contributed by atoms with E-state index in [1.54, 1.807) is 0 Å². The molecule has 104 valence electrons. The summed E-state index contributed by atoms with van der Waals surface area (Å²) in [5.74, 6) is 6.62. The predicted octanol–water partition coefficient (Wildman–Crippen LogP) is -8.90. The van der Waals surface area contributed by atoms with Crippen molar-refractivity contribution < 1.29 is 34.9 Å². The van der Waals surface area contributed by atoms with E-state index in [2.05, 4.69) is 10.1 Å². The Morgan fingerprint density at radius 3 is 2.00 bits per heavy atom. The molecule has 0 aromatic rings. The number of hydrogen-bond acceptors (Lipinski definition) is 1. The monoisotopic (exact) mass is 285 g/mol. The van der Waals surface area contributed by atoms with Gasteiger partial charge in [-0.3, -0.25) is 22.3 Å². The number of hydrazone groups is 1. The van der Waals surface area contributed by atoms with Gasteiger partial charge in [-0.1, -0.05) is 12.8 Å². The van der Waals surface area contributed by atoms with Crippen molar-refractivity contribution in [1.82, 2.24) is 0 Å². The fraction of sp³-hybridized carbons (Fsp3) is 0.800. The number of nitrogens with two attached hydrogens (primary N) is 3. The summed E-state index contributed by atoms with van der Waals surface area (Å²) in [6.07, 6.45) is 6.81. The highest BCUT2D eigenvalue weighted by atomic mass is 35.5. The first-order valence-corrected chi connectivity index (χ1v) is 5.57. The van der Waals surface area contributed by atoms with Gasteiger partial charge in [0.25, 0.3) is 5.84 Å². The Balaban J connectivity index is -0.000000980. The predicted molar refractivity (Wildman–Crippen MR) is 62.7 cm³/mol. The number of nitrogens with one attached hydrogen (secondary N) is 2. The molecular weight excluding hydrogens is 261 g/mol. The van der Waals surface area contributed by atoms with Crippen molar-refractivity contribution in [2.45, 2.75) is 45.4 Å². The molecule has 17 heavy (non-hydrogen) atoms. The summed E-state index contributed by atoms with van der Waals surface area (Å²) >= 11 is 0. The lowest BCUT2D eigenvalue weighted by Crippen LogP contribution is -3.00. The Bertz CT molecular complexity index is 215. The highest BCUT2D eigenvalue weighted by Crippen LogP contribution is 2.03. The molecule has 0 spiro atoms. The second-order valence-corrected chi connectivity index (χ2v) is 3.80. The zero-order valence-electron chi connectivity index (χ0n) is 10.4. The first kappa shape index (κ1) is 21.6. The van der Waals surface area contributed by atoms with Crippen molar-refractivity contribution in [2.75, 3.05) is 6.54 Å². The molecular formula is C10H25Cl2N5. The summed E-state index contributed by atoms with van der Waals surface area (Å²) < 4.78 is 0. The number of amidine groups is 2. The molecule has 0 atom stereocenters. The van der Waals surface area contributed by atoms with Crippen LogP contribution >= 0.6 is 0 Å². The van der Waals surface area contributed by atoms with Gasteiger partial charge in [0, 0.05) is 6.92 Å². The van der Waals surface area contributed by atoms with Crippen LogP contribution in [0, 0.1) is 0 Å². The molecule has 0 amide bonds. The van der Waals surface area contributed by atoms with Crippen molar-refractivity contribution in [1.29, 1.82) is 0 Å². The molecule has 0 rings (SSSR count). The van der Waals surface area contributed by atoms with E-state index in [9.17, 15) is 0 Å². The highest BCUT2D eigenvalue weighted by Gasteiger charge is 1.97. The molecule has 0 saturated heterocycles. The van der Waals surface area contributed by atoms with Crippen LogP contribution in [-0.2, 0) is 0 Å². The topological polar surface area (TPSA) is 106 Å². The van der Waals surface area contributed by atoms with Crippen LogP contribution in [0.25, 0.3) is 0 Å². The van der Waals surface area contributed by atoms with Crippen LogP contribution in [0.5, 0.6) is 0 Å². The number of unbranched alkanes of at least 4 members (excludes halogenated alkanes) is 4. The molecule has 0 aliphatic carbocycles. The van der Waals surface area contributed by atoms with Crippen molar-refractivity contribution >= 4 is 11.7 Å². The summed E-state index contributed by atoms with van der Waals surface area (Å²) in [5.41, 5.74) is 11.0. The zero-order chi connectivity index (χ0) is 11.5. The van der Waals surface area contributed by atoms with Crippen LogP contribution in [0.2, 0.25) is 0 Å². The van der Waals surface area contributed by atoms with Gasteiger partial charge in [0.05, 0.1) is 13.0 Å². The lowest BCUT2D eigenvalue weighted by atomic mass is 10.1. The number of hydrogen-bond donors (Lipinski definition) is 5. The number of halogens is 2. The molecule has 0 bridgehead atoms. The van der Waals surface area contributed by atoms with Crippen LogP contribution in [0.4, 0.5) is 0 Å².